The van der Waals surface area contributed by atoms with Gasteiger partial charge in [0.15, 0.2) is 0 Å². The highest BCUT2D eigenvalue weighted by Crippen LogP contribution is 2.22. The van der Waals surface area contributed by atoms with Gasteiger partial charge in [0.2, 0.25) is 0 Å². The molecule has 0 heterocycles. The van der Waals surface area contributed by atoms with Crippen LogP contribution in [0.1, 0.15) is 46.1 Å². The van der Waals surface area contributed by atoms with Crippen LogP contribution < -0.4 is 10.1 Å². The molecule has 102 valence electrons. The molecular formula is C16H27NO. The van der Waals surface area contributed by atoms with Crippen LogP contribution in [-0.2, 0) is 0 Å². The molecule has 1 aromatic rings. The molecule has 1 aromatic carbocycles. The van der Waals surface area contributed by atoms with Crippen molar-refractivity contribution in [2.24, 2.45) is 5.92 Å². The fourth-order valence-corrected chi connectivity index (χ4v) is 1.82. The van der Waals surface area contributed by atoms with E-state index in [9.17, 15) is 0 Å². The predicted molar refractivity (Wildman–Crippen MR) is 78.3 cm³/mol. The molecule has 0 aliphatic heterocycles. The lowest BCUT2D eigenvalue weighted by Crippen LogP contribution is -2.35. The van der Waals surface area contributed by atoms with Gasteiger partial charge in [-0.25, -0.2) is 0 Å². The van der Waals surface area contributed by atoms with E-state index in [4.69, 9.17) is 4.74 Å². The molecule has 0 amide bonds. The molecule has 2 heteroatoms. The van der Waals surface area contributed by atoms with Crippen molar-refractivity contribution in [3.63, 3.8) is 0 Å². The fourth-order valence-electron chi connectivity index (χ4n) is 1.82. The van der Waals surface area contributed by atoms with E-state index in [-0.39, 0.29) is 6.10 Å². The van der Waals surface area contributed by atoms with Crippen LogP contribution in [-0.4, -0.2) is 19.2 Å². The molecule has 1 rings (SSSR count). The molecule has 0 aliphatic rings. The van der Waals surface area contributed by atoms with Crippen molar-refractivity contribution in [3.8, 4) is 5.75 Å². The summed E-state index contributed by atoms with van der Waals surface area (Å²) in [6.45, 7) is 12.8. The van der Waals surface area contributed by atoms with Gasteiger partial charge in [-0.05, 0) is 36.1 Å². The summed E-state index contributed by atoms with van der Waals surface area (Å²) in [5.74, 6) is 2.03. The number of ether oxygens (including phenoxy) is 1. The largest absolute Gasteiger partial charge is 0.489 e. The topological polar surface area (TPSA) is 21.3 Å². The first-order valence-corrected chi connectivity index (χ1v) is 7.02. The molecule has 1 atom stereocenters. The summed E-state index contributed by atoms with van der Waals surface area (Å²) in [4.78, 5) is 0. The zero-order valence-corrected chi connectivity index (χ0v) is 12.4. The minimum Gasteiger partial charge on any atom is -0.489 e. The summed E-state index contributed by atoms with van der Waals surface area (Å²) in [6.07, 6.45) is 0.229. The molecule has 0 aliphatic carbocycles. The van der Waals surface area contributed by atoms with Gasteiger partial charge in [-0.15, -0.1) is 0 Å². The van der Waals surface area contributed by atoms with Crippen LogP contribution in [0.15, 0.2) is 24.3 Å². The lowest BCUT2D eigenvalue weighted by atomic mass is 10.0. The van der Waals surface area contributed by atoms with Crippen molar-refractivity contribution in [2.75, 3.05) is 13.1 Å². The predicted octanol–water partition coefficient (Wildman–Crippen LogP) is 3.82. The maximum Gasteiger partial charge on any atom is 0.120 e. The standard InChI is InChI=1S/C16H27NO/c1-6-17-11-16(13(4)5)18-15-9-7-8-14(10-15)12(2)3/h7-10,12-13,16-17H,6,11H2,1-5H3. The summed E-state index contributed by atoms with van der Waals surface area (Å²) in [5, 5.41) is 3.36. The molecule has 0 spiro atoms. The quantitative estimate of drug-likeness (QED) is 0.793. The average Bonchev–Trinajstić information content (AvgIpc) is 2.34. The highest BCUT2D eigenvalue weighted by molar-refractivity contribution is 5.30. The van der Waals surface area contributed by atoms with Crippen molar-refractivity contribution < 1.29 is 4.74 Å². The van der Waals surface area contributed by atoms with Gasteiger partial charge in [-0.1, -0.05) is 46.8 Å². The number of hydrogen-bond acceptors (Lipinski definition) is 2. The number of rotatable bonds is 7. The lowest BCUT2D eigenvalue weighted by molar-refractivity contribution is 0.149. The van der Waals surface area contributed by atoms with Crippen molar-refractivity contribution in [1.82, 2.24) is 5.32 Å². The van der Waals surface area contributed by atoms with Crippen molar-refractivity contribution >= 4 is 0 Å². The van der Waals surface area contributed by atoms with Crippen LogP contribution in [0, 0.1) is 5.92 Å². The van der Waals surface area contributed by atoms with E-state index in [0.29, 0.717) is 11.8 Å². The van der Waals surface area contributed by atoms with Crippen molar-refractivity contribution in [3.05, 3.63) is 29.8 Å². The molecule has 0 aromatic heterocycles. The van der Waals surface area contributed by atoms with Crippen LogP contribution in [0.2, 0.25) is 0 Å². The van der Waals surface area contributed by atoms with Crippen molar-refractivity contribution in [2.45, 2.75) is 46.6 Å². The second-order valence-electron chi connectivity index (χ2n) is 5.44. The molecular weight excluding hydrogens is 222 g/mol. The molecule has 2 nitrogen and oxygen atoms in total. The van der Waals surface area contributed by atoms with Crippen molar-refractivity contribution in [1.29, 1.82) is 0 Å². The normalized spacial score (nSPS) is 13.1. The minimum absolute atomic E-state index is 0.229. The molecule has 0 saturated carbocycles. The maximum atomic E-state index is 6.11. The Kier molecular flexibility index (Phi) is 6.20. The molecule has 1 unspecified atom stereocenters. The van der Waals surface area contributed by atoms with E-state index in [0.717, 1.165) is 18.8 Å². The zero-order chi connectivity index (χ0) is 13.5. The molecule has 0 fully saturated rings. The van der Waals surface area contributed by atoms with E-state index in [1.165, 1.54) is 5.56 Å². The summed E-state index contributed by atoms with van der Waals surface area (Å²) in [7, 11) is 0. The molecule has 1 N–H and O–H groups in total. The third-order valence-corrected chi connectivity index (χ3v) is 3.15. The Balaban J connectivity index is 2.70. The average molecular weight is 249 g/mol. The van der Waals surface area contributed by atoms with Crippen LogP contribution in [0.3, 0.4) is 0 Å². The third kappa shape index (κ3) is 4.69. The first-order chi connectivity index (χ1) is 8.54. The second kappa shape index (κ2) is 7.42. The van der Waals surface area contributed by atoms with Gasteiger partial charge >= 0.3 is 0 Å². The highest BCUT2D eigenvalue weighted by atomic mass is 16.5. The SMILES string of the molecule is CCNCC(Oc1cccc(C(C)C)c1)C(C)C. The number of nitrogens with one attached hydrogen (secondary N) is 1. The van der Waals surface area contributed by atoms with E-state index >= 15 is 0 Å². The Morgan fingerprint density at radius 2 is 1.89 bits per heavy atom. The number of benzene rings is 1. The summed E-state index contributed by atoms with van der Waals surface area (Å²) in [6, 6.07) is 8.45. The van der Waals surface area contributed by atoms with Crippen LogP contribution >= 0.6 is 0 Å². The molecule has 0 radical (unpaired) electrons. The number of likely N-dealkylation sites (N-methyl/N-ethyl adjacent to an activating group) is 1. The van der Waals surface area contributed by atoms with Gasteiger partial charge in [0, 0.05) is 6.54 Å². The smallest absolute Gasteiger partial charge is 0.120 e. The first kappa shape index (κ1) is 15.0. The Morgan fingerprint density at radius 1 is 1.17 bits per heavy atom. The van der Waals surface area contributed by atoms with Crippen LogP contribution in [0.5, 0.6) is 5.75 Å². The second-order valence-corrected chi connectivity index (χ2v) is 5.44. The van der Waals surface area contributed by atoms with E-state index in [2.05, 4.69) is 58.1 Å². The first-order valence-electron chi connectivity index (χ1n) is 7.02. The lowest BCUT2D eigenvalue weighted by Gasteiger charge is -2.23. The Labute approximate surface area is 112 Å². The maximum absolute atomic E-state index is 6.11. The Hall–Kier alpha value is -1.02. The zero-order valence-electron chi connectivity index (χ0n) is 12.4. The molecule has 18 heavy (non-hydrogen) atoms. The number of hydrogen-bond donors (Lipinski definition) is 1. The summed E-state index contributed by atoms with van der Waals surface area (Å²) >= 11 is 0. The van der Waals surface area contributed by atoms with Gasteiger partial charge < -0.3 is 10.1 Å². The summed E-state index contributed by atoms with van der Waals surface area (Å²) < 4.78 is 6.11. The fraction of sp³-hybridized carbons (Fsp3) is 0.625. The summed E-state index contributed by atoms with van der Waals surface area (Å²) in [5.41, 5.74) is 1.33. The van der Waals surface area contributed by atoms with E-state index < -0.39 is 0 Å². The van der Waals surface area contributed by atoms with Gasteiger partial charge in [0.25, 0.3) is 0 Å². The van der Waals surface area contributed by atoms with Gasteiger partial charge in [0.1, 0.15) is 11.9 Å². The van der Waals surface area contributed by atoms with Crippen LogP contribution in [0.4, 0.5) is 0 Å². The van der Waals surface area contributed by atoms with Crippen LogP contribution in [0.25, 0.3) is 0 Å². The van der Waals surface area contributed by atoms with E-state index in [1.807, 2.05) is 6.07 Å². The van der Waals surface area contributed by atoms with Gasteiger partial charge in [0.05, 0.1) is 0 Å². The highest BCUT2D eigenvalue weighted by Gasteiger charge is 2.14. The molecule has 0 bridgehead atoms. The Morgan fingerprint density at radius 3 is 2.44 bits per heavy atom. The van der Waals surface area contributed by atoms with Gasteiger partial charge in [-0.2, -0.15) is 0 Å². The van der Waals surface area contributed by atoms with Gasteiger partial charge in [-0.3, -0.25) is 0 Å². The monoisotopic (exact) mass is 249 g/mol. The Bertz CT molecular complexity index is 347. The van der Waals surface area contributed by atoms with E-state index in [1.54, 1.807) is 0 Å². The third-order valence-electron chi connectivity index (χ3n) is 3.15. The molecule has 0 saturated heterocycles. The minimum atomic E-state index is 0.229.